The quantitative estimate of drug-likeness (QED) is 0.873. The third kappa shape index (κ3) is 3.62. The second-order valence-corrected chi connectivity index (χ2v) is 6.77. The van der Waals surface area contributed by atoms with E-state index in [1.54, 1.807) is 19.2 Å². The Hall–Kier alpha value is -2.28. The van der Waals surface area contributed by atoms with Crippen LogP contribution in [-0.2, 0) is 4.79 Å². The number of nitrogens with one attached hydrogen (secondary N) is 1. The number of hydrogen-bond acceptors (Lipinski definition) is 5. The molecule has 1 aliphatic heterocycles. The lowest BCUT2D eigenvalue weighted by Crippen LogP contribution is -2.47. The zero-order valence-electron chi connectivity index (χ0n) is 15.7. The molecular weight excluding hydrogens is 334 g/mol. The van der Waals surface area contributed by atoms with E-state index in [2.05, 4.69) is 5.32 Å². The number of amides is 3. The Morgan fingerprint density at radius 2 is 2.00 bits per heavy atom. The van der Waals surface area contributed by atoms with Crippen LogP contribution in [0.2, 0.25) is 0 Å². The number of nitrogens with zero attached hydrogens (tertiary/aromatic N) is 2. The monoisotopic (exact) mass is 361 g/mol. The molecule has 1 N–H and O–H groups in total. The zero-order chi connectivity index (χ0) is 18.7. The summed E-state index contributed by atoms with van der Waals surface area (Å²) >= 11 is 0. The molecule has 2 aliphatic rings. The maximum atomic E-state index is 12.3. The predicted octanol–water partition coefficient (Wildman–Crippen LogP) is 2.87. The summed E-state index contributed by atoms with van der Waals surface area (Å²) in [7, 11) is 3.38. The summed E-state index contributed by atoms with van der Waals surface area (Å²) in [4.78, 5) is 24.5. The highest BCUT2D eigenvalue weighted by molar-refractivity contribution is 5.95. The number of hydrazine groups is 1. The molecule has 1 heterocycles. The van der Waals surface area contributed by atoms with Gasteiger partial charge in [-0.1, -0.05) is 6.07 Å². The van der Waals surface area contributed by atoms with Gasteiger partial charge in [0.15, 0.2) is 11.5 Å². The summed E-state index contributed by atoms with van der Waals surface area (Å²) in [6, 6.07) is 5.13. The van der Waals surface area contributed by atoms with E-state index in [1.807, 2.05) is 25.1 Å². The van der Waals surface area contributed by atoms with Gasteiger partial charge in [-0.2, -0.15) is 5.01 Å². The standard InChI is InChI=1S/C19H27N3O4/c1-4-20-19(24)22-18(23)12-15(21(22)2)13-9-10-16(25-3)17(11-13)26-14-7-5-6-8-14/h9-11,14-15H,4-8,12H2,1-3H3,(H,20,24). The number of methoxy groups -OCH3 is 1. The molecule has 1 saturated carbocycles. The number of imide groups is 1. The van der Waals surface area contributed by atoms with Crippen LogP contribution >= 0.6 is 0 Å². The average Bonchev–Trinajstić information content (AvgIpc) is 3.23. The van der Waals surface area contributed by atoms with Crippen LogP contribution in [0.25, 0.3) is 0 Å². The number of rotatable bonds is 5. The maximum Gasteiger partial charge on any atom is 0.339 e. The molecule has 2 fully saturated rings. The molecule has 3 rings (SSSR count). The molecule has 1 aromatic rings. The second-order valence-electron chi connectivity index (χ2n) is 6.77. The van der Waals surface area contributed by atoms with Crippen molar-refractivity contribution in [2.45, 2.75) is 51.2 Å². The van der Waals surface area contributed by atoms with Crippen molar-refractivity contribution < 1.29 is 19.1 Å². The van der Waals surface area contributed by atoms with E-state index in [9.17, 15) is 9.59 Å². The lowest BCUT2D eigenvalue weighted by molar-refractivity contribution is -0.131. The van der Waals surface area contributed by atoms with Crippen LogP contribution in [0.1, 0.15) is 50.6 Å². The van der Waals surface area contributed by atoms with Crippen molar-refractivity contribution in [2.24, 2.45) is 0 Å². The van der Waals surface area contributed by atoms with Crippen LogP contribution in [0.15, 0.2) is 18.2 Å². The van der Waals surface area contributed by atoms with Crippen molar-refractivity contribution in [3.63, 3.8) is 0 Å². The highest BCUT2D eigenvalue weighted by atomic mass is 16.5. The van der Waals surface area contributed by atoms with Gasteiger partial charge in [0.1, 0.15) is 0 Å². The molecule has 26 heavy (non-hydrogen) atoms. The van der Waals surface area contributed by atoms with E-state index in [0.717, 1.165) is 18.4 Å². The number of carbonyl (C=O) groups is 2. The smallest absolute Gasteiger partial charge is 0.339 e. The average molecular weight is 361 g/mol. The van der Waals surface area contributed by atoms with Gasteiger partial charge in [0.2, 0.25) is 5.91 Å². The largest absolute Gasteiger partial charge is 0.493 e. The minimum Gasteiger partial charge on any atom is -0.493 e. The fourth-order valence-corrected chi connectivity index (χ4v) is 3.69. The van der Waals surface area contributed by atoms with Gasteiger partial charge in [0, 0.05) is 13.6 Å². The molecule has 0 spiro atoms. The van der Waals surface area contributed by atoms with Gasteiger partial charge in [-0.05, 0) is 50.3 Å². The first kappa shape index (κ1) is 18.5. The van der Waals surface area contributed by atoms with Crippen LogP contribution in [0.3, 0.4) is 0 Å². The number of benzene rings is 1. The molecule has 1 aromatic carbocycles. The van der Waals surface area contributed by atoms with Gasteiger partial charge < -0.3 is 14.8 Å². The molecule has 3 amide bonds. The van der Waals surface area contributed by atoms with Crippen molar-refractivity contribution in [3.8, 4) is 11.5 Å². The Balaban J connectivity index is 1.82. The van der Waals surface area contributed by atoms with E-state index in [0.29, 0.717) is 18.0 Å². The van der Waals surface area contributed by atoms with Crippen molar-refractivity contribution in [2.75, 3.05) is 20.7 Å². The highest BCUT2D eigenvalue weighted by Gasteiger charge is 2.40. The number of carbonyl (C=O) groups excluding carboxylic acids is 2. The number of ether oxygens (including phenoxy) is 2. The topological polar surface area (TPSA) is 71.1 Å². The maximum absolute atomic E-state index is 12.3. The van der Waals surface area contributed by atoms with Crippen LogP contribution < -0.4 is 14.8 Å². The summed E-state index contributed by atoms with van der Waals surface area (Å²) in [6.45, 7) is 2.30. The molecule has 142 valence electrons. The van der Waals surface area contributed by atoms with Crippen LogP contribution in [0, 0.1) is 0 Å². The SMILES string of the molecule is CCNC(=O)N1C(=O)CC(c2ccc(OC)c(OC3CCCC3)c2)N1C. The van der Waals surface area contributed by atoms with Crippen LogP contribution in [0.5, 0.6) is 11.5 Å². The van der Waals surface area contributed by atoms with Crippen LogP contribution in [0.4, 0.5) is 4.79 Å². The minimum atomic E-state index is -0.390. The Morgan fingerprint density at radius 1 is 1.27 bits per heavy atom. The van der Waals surface area contributed by atoms with E-state index >= 15 is 0 Å². The van der Waals surface area contributed by atoms with E-state index < -0.39 is 6.03 Å². The molecule has 7 heteroatoms. The Bertz CT molecular complexity index is 673. The molecule has 1 saturated heterocycles. The first-order valence-corrected chi connectivity index (χ1v) is 9.23. The third-order valence-corrected chi connectivity index (χ3v) is 5.06. The van der Waals surface area contributed by atoms with Crippen molar-refractivity contribution in [1.82, 2.24) is 15.3 Å². The molecule has 0 aromatic heterocycles. The summed E-state index contributed by atoms with van der Waals surface area (Å²) in [6.07, 6.45) is 4.96. The number of hydrogen-bond donors (Lipinski definition) is 1. The first-order chi connectivity index (χ1) is 12.5. The van der Waals surface area contributed by atoms with Gasteiger partial charge in [0.25, 0.3) is 0 Å². The van der Waals surface area contributed by atoms with Crippen LogP contribution in [-0.4, -0.2) is 48.8 Å². The Kier molecular flexibility index (Phi) is 5.66. The predicted molar refractivity (Wildman–Crippen MR) is 96.9 cm³/mol. The minimum absolute atomic E-state index is 0.207. The van der Waals surface area contributed by atoms with E-state index in [1.165, 1.54) is 17.9 Å². The fraction of sp³-hybridized carbons (Fsp3) is 0.579. The summed E-state index contributed by atoms with van der Waals surface area (Å²) in [5.74, 6) is 1.18. The van der Waals surface area contributed by atoms with Crippen molar-refractivity contribution in [1.29, 1.82) is 0 Å². The molecule has 0 radical (unpaired) electrons. The van der Waals surface area contributed by atoms with Gasteiger partial charge in [0.05, 0.1) is 25.7 Å². The second kappa shape index (κ2) is 7.95. The zero-order valence-corrected chi connectivity index (χ0v) is 15.7. The summed E-state index contributed by atoms with van der Waals surface area (Å²) in [5, 5.41) is 5.54. The summed E-state index contributed by atoms with van der Waals surface area (Å²) in [5.41, 5.74) is 0.932. The molecule has 1 unspecified atom stereocenters. The summed E-state index contributed by atoms with van der Waals surface area (Å²) < 4.78 is 11.6. The van der Waals surface area contributed by atoms with E-state index in [4.69, 9.17) is 9.47 Å². The Labute approximate surface area is 154 Å². The molecule has 7 nitrogen and oxygen atoms in total. The lowest BCUT2D eigenvalue weighted by Gasteiger charge is -2.27. The van der Waals surface area contributed by atoms with Gasteiger partial charge in [-0.15, -0.1) is 0 Å². The van der Waals surface area contributed by atoms with Crippen molar-refractivity contribution >= 4 is 11.9 Å². The molecular formula is C19H27N3O4. The van der Waals surface area contributed by atoms with Gasteiger partial charge >= 0.3 is 6.03 Å². The van der Waals surface area contributed by atoms with Gasteiger partial charge in [-0.3, -0.25) is 4.79 Å². The molecule has 1 aliphatic carbocycles. The first-order valence-electron chi connectivity index (χ1n) is 9.23. The van der Waals surface area contributed by atoms with E-state index in [-0.39, 0.29) is 24.5 Å². The van der Waals surface area contributed by atoms with Gasteiger partial charge in [-0.25, -0.2) is 9.80 Å². The Morgan fingerprint density at radius 3 is 2.65 bits per heavy atom. The van der Waals surface area contributed by atoms with Crippen molar-refractivity contribution in [3.05, 3.63) is 23.8 Å². The fourth-order valence-electron chi connectivity index (χ4n) is 3.69. The highest BCUT2D eigenvalue weighted by Crippen LogP contribution is 2.38. The third-order valence-electron chi connectivity index (χ3n) is 5.06. The normalized spacial score (nSPS) is 21.3. The lowest BCUT2D eigenvalue weighted by atomic mass is 10.0. The molecule has 0 bridgehead atoms. The molecule has 1 atom stereocenters. The number of urea groups is 1.